The Kier molecular flexibility index (Phi) is 5.23. The molecule has 0 fully saturated rings. The number of hydrogen-bond acceptors (Lipinski definition) is 5. The highest BCUT2D eigenvalue weighted by Crippen LogP contribution is 2.35. The summed E-state index contributed by atoms with van der Waals surface area (Å²) in [5.41, 5.74) is 1.70. The van der Waals surface area contributed by atoms with Crippen molar-refractivity contribution in [1.82, 2.24) is 9.97 Å². The molecule has 0 amide bonds. The fourth-order valence-electron chi connectivity index (χ4n) is 2.50. The van der Waals surface area contributed by atoms with Crippen molar-refractivity contribution in [2.45, 2.75) is 6.36 Å². The highest BCUT2D eigenvalue weighted by atomic mass is 32.2. The summed E-state index contributed by atoms with van der Waals surface area (Å²) in [5, 5.41) is 0. The van der Waals surface area contributed by atoms with E-state index in [2.05, 4.69) is 19.4 Å². The number of hydrogen-bond donors (Lipinski definition) is 1. The molecule has 2 aromatic carbocycles. The average Bonchev–Trinajstić information content (AvgIpc) is 2.60. The van der Waals surface area contributed by atoms with Crippen LogP contribution in [0.5, 0.6) is 5.75 Å². The summed E-state index contributed by atoms with van der Waals surface area (Å²) in [6, 6.07) is 14.0. The quantitative estimate of drug-likeness (QED) is 0.687. The molecule has 0 bridgehead atoms. The lowest BCUT2D eigenvalue weighted by atomic mass is 10.0. The molecule has 28 heavy (non-hydrogen) atoms. The van der Waals surface area contributed by atoms with Crippen molar-refractivity contribution < 1.29 is 26.3 Å². The van der Waals surface area contributed by atoms with Gasteiger partial charge in [-0.1, -0.05) is 36.4 Å². The molecule has 0 aliphatic heterocycles. The van der Waals surface area contributed by atoms with Gasteiger partial charge < -0.3 is 4.74 Å². The molecular formula is C18H14F3N3O3S. The van der Waals surface area contributed by atoms with Gasteiger partial charge in [-0.2, -0.15) is 0 Å². The Morgan fingerprint density at radius 1 is 1.00 bits per heavy atom. The maximum atomic E-state index is 12.7. The Morgan fingerprint density at radius 2 is 1.71 bits per heavy atom. The molecule has 0 spiro atoms. The van der Waals surface area contributed by atoms with E-state index in [4.69, 9.17) is 0 Å². The normalized spacial score (nSPS) is 11.9. The monoisotopic (exact) mass is 409 g/mol. The summed E-state index contributed by atoms with van der Waals surface area (Å²) >= 11 is 0. The van der Waals surface area contributed by atoms with Gasteiger partial charge in [0.05, 0.1) is 11.9 Å². The molecule has 0 radical (unpaired) electrons. The molecule has 0 unspecified atom stereocenters. The number of alkyl halides is 3. The molecule has 10 heteroatoms. The number of para-hydroxylation sites is 1. The van der Waals surface area contributed by atoms with Crippen LogP contribution in [0.15, 0.2) is 60.8 Å². The Labute approximate surface area is 159 Å². The summed E-state index contributed by atoms with van der Waals surface area (Å²) in [6.45, 7) is 0. The zero-order valence-electron chi connectivity index (χ0n) is 14.4. The number of sulfonamides is 1. The summed E-state index contributed by atoms with van der Waals surface area (Å²) in [4.78, 5) is 7.97. The highest BCUT2D eigenvalue weighted by Gasteiger charge is 2.32. The van der Waals surface area contributed by atoms with Crippen molar-refractivity contribution >= 4 is 16.0 Å². The fourth-order valence-corrected chi connectivity index (χ4v) is 2.93. The fraction of sp³-hybridized carbons (Fsp3) is 0.111. The number of ether oxygens (including phenoxy) is 1. The number of anilines is 1. The van der Waals surface area contributed by atoms with E-state index in [1.165, 1.54) is 24.4 Å². The predicted octanol–water partition coefficient (Wildman–Crippen LogP) is 4.08. The van der Waals surface area contributed by atoms with Gasteiger partial charge in [0.25, 0.3) is 0 Å². The second-order valence-electron chi connectivity index (χ2n) is 5.76. The molecule has 3 aromatic rings. The molecule has 0 atom stereocenters. The second kappa shape index (κ2) is 7.47. The third-order valence-electron chi connectivity index (χ3n) is 3.51. The molecule has 1 N–H and O–H groups in total. The Hall–Kier alpha value is -3.14. The summed E-state index contributed by atoms with van der Waals surface area (Å²) in [7, 11) is -3.55. The minimum Gasteiger partial charge on any atom is -0.405 e. The summed E-state index contributed by atoms with van der Waals surface area (Å²) in [6.07, 6.45) is -2.46. The number of benzene rings is 2. The standard InChI is InChI=1S/C18H14F3N3O3S/c1-28(25,26)24-17-22-10-9-15(23-17)13-6-4-5-12(11-13)14-7-2-3-8-16(14)27-18(19,20)21/h2-11H,1H3,(H,22,23,24). The van der Waals surface area contributed by atoms with Crippen LogP contribution in [-0.2, 0) is 10.0 Å². The molecule has 3 rings (SSSR count). The lowest BCUT2D eigenvalue weighted by Crippen LogP contribution is -2.17. The van der Waals surface area contributed by atoms with E-state index in [-0.39, 0.29) is 17.3 Å². The molecular weight excluding hydrogens is 395 g/mol. The van der Waals surface area contributed by atoms with Crippen molar-refractivity contribution in [3.8, 4) is 28.1 Å². The number of nitrogens with one attached hydrogen (secondary N) is 1. The van der Waals surface area contributed by atoms with Gasteiger partial charge in [-0.15, -0.1) is 13.2 Å². The minimum atomic E-state index is -4.81. The molecule has 0 saturated heterocycles. The van der Waals surface area contributed by atoms with Gasteiger partial charge in [0.2, 0.25) is 16.0 Å². The van der Waals surface area contributed by atoms with Crippen LogP contribution in [0, 0.1) is 0 Å². The van der Waals surface area contributed by atoms with E-state index in [0.29, 0.717) is 16.8 Å². The van der Waals surface area contributed by atoms with Crippen molar-refractivity contribution in [1.29, 1.82) is 0 Å². The molecule has 146 valence electrons. The van der Waals surface area contributed by atoms with E-state index < -0.39 is 16.4 Å². The van der Waals surface area contributed by atoms with Gasteiger partial charge in [0.1, 0.15) is 5.75 Å². The SMILES string of the molecule is CS(=O)(=O)Nc1nccc(-c2cccc(-c3ccccc3OC(F)(F)F)c2)n1. The minimum absolute atomic E-state index is 0.105. The van der Waals surface area contributed by atoms with E-state index in [1.54, 1.807) is 36.4 Å². The van der Waals surface area contributed by atoms with Crippen LogP contribution in [0.4, 0.5) is 19.1 Å². The Bertz CT molecular complexity index is 1100. The van der Waals surface area contributed by atoms with Crippen LogP contribution >= 0.6 is 0 Å². The lowest BCUT2D eigenvalue weighted by molar-refractivity contribution is -0.274. The maximum absolute atomic E-state index is 12.7. The first-order valence-corrected chi connectivity index (χ1v) is 9.76. The Balaban J connectivity index is 2.00. The van der Waals surface area contributed by atoms with Crippen molar-refractivity contribution in [2.24, 2.45) is 0 Å². The average molecular weight is 409 g/mol. The second-order valence-corrected chi connectivity index (χ2v) is 7.51. The van der Waals surface area contributed by atoms with Crippen LogP contribution in [0.2, 0.25) is 0 Å². The van der Waals surface area contributed by atoms with Gasteiger partial charge in [-0.3, -0.25) is 4.72 Å². The van der Waals surface area contributed by atoms with Crippen LogP contribution in [0.1, 0.15) is 0 Å². The van der Waals surface area contributed by atoms with Crippen molar-refractivity contribution in [3.05, 3.63) is 60.8 Å². The van der Waals surface area contributed by atoms with Crippen molar-refractivity contribution in [2.75, 3.05) is 11.0 Å². The molecule has 1 aromatic heterocycles. The smallest absolute Gasteiger partial charge is 0.405 e. The van der Waals surface area contributed by atoms with E-state index in [1.807, 2.05) is 0 Å². The van der Waals surface area contributed by atoms with E-state index in [9.17, 15) is 21.6 Å². The number of rotatable bonds is 5. The van der Waals surface area contributed by atoms with Crippen LogP contribution < -0.4 is 9.46 Å². The van der Waals surface area contributed by atoms with Crippen molar-refractivity contribution in [3.63, 3.8) is 0 Å². The predicted molar refractivity (Wildman–Crippen MR) is 98.1 cm³/mol. The zero-order valence-corrected chi connectivity index (χ0v) is 15.3. The zero-order chi connectivity index (χ0) is 20.4. The number of halogens is 3. The summed E-state index contributed by atoms with van der Waals surface area (Å²) < 4.78 is 67.0. The third kappa shape index (κ3) is 5.19. The first kappa shape index (κ1) is 19.6. The number of aromatic nitrogens is 2. The maximum Gasteiger partial charge on any atom is 0.573 e. The van der Waals surface area contributed by atoms with Crippen LogP contribution in [0.25, 0.3) is 22.4 Å². The highest BCUT2D eigenvalue weighted by molar-refractivity contribution is 7.91. The topological polar surface area (TPSA) is 81.2 Å². The Morgan fingerprint density at radius 3 is 2.43 bits per heavy atom. The third-order valence-corrected chi connectivity index (χ3v) is 4.07. The summed E-state index contributed by atoms with van der Waals surface area (Å²) in [5.74, 6) is -0.430. The molecule has 1 heterocycles. The molecule has 0 saturated carbocycles. The molecule has 0 aliphatic rings. The number of nitrogens with zero attached hydrogens (tertiary/aromatic N) is 2. The van der Waals surface area contributed by atoms with Gasteiger partial charge >= 0.3 is 6.36 Å². The first-order chi connectivity index (χ1) is 13.1. The first-order valence-electron chi connectivity index (χ1n) is 7.87. The largest absolute Gasteiger partial charge is 0.573 e. The van der Waals surface area contributed by atoms with Gasteiger partial charge in [-0.05, 0) is 23.8 Å². The molecule has 0 aliphatic carbocycles. The van der Waals surface area contributed by atoms with Crippen LogP contribution in [0.3, 0.4) is 0 Å². The van der Waals surface area contributed by atoms with Gasteiger partial charge in [0.15, 0.2) is 0 Å². The lowest BCUT2D eigenvalue weighted by Gasteiger charge is -2.14. The molecule has 6 nitrogen and oxygen atoms in total. The van der Waals surface area contributed by atoms with E-state index in [0.717, 1.165) is 6.26 Å². The van der Waals surface area contributed by atoms with Gasteiger partial charge in [0, 0.05) is 17.3 Å². The van der Waals surface area contributed by atoms with Gasteiger partial charge in [-0.25, -0.2) is 18.4 Å². The van der Waals surface area contributed by atoms with E-state index >= 15 is 0 Å². The van der Waals surface area contributed by atoms with Crippen LogP contribution in [-0.4, -0.2) is 31.0 Å².